The van der Waals surface area contributed by atoms with E-state index in [1.165, 1.54) is 19.3 Å². The van der Waals surface area contributed by atoms with Crippen molar-refractivity contribution in [3.8, 4) is 6.07 Å². The zero-order valence-electron chi connectivity index (χ0n) is 8.96. The van der Waals surface area contributed by atoms with Gasteiger partial charge in [-0.25, -0.2) is 5.43 Å². The molecule has 4 heteroatoms. The van der Waals surface area contributed by atoms with Gasteiger partial charge in [0.2, 0.25) is 0 Å². The highest BCUT2D eigenvalue weighted by atomic mass is 16.2. The van der Waals surface area contributed by atoms with Gasteiger partial charge in [-0.15, -0.1) is 0 Å². The standard InChI is InChI=1S/C11H17N3O/c12-9-8-11(15)14-13-10-6-4-2-1-3-5-7-10/h1-8H2,(H,14,15). The average molecular weight is 207 g/mol. The summed E-state index contributed by atoms with van der Waals surface area (Å²) in [6.45, 7) is 0. The van der Waals surface area contributed by atoms with Crippen molar-refractivity contribution in [2.24, 2.45) is 5.10 Å². The number of nitrogens with zero attached hydrogens (tertiary/aromatic N) is 2. The Morgan fingerprint density at radius 3 is 2.47 bits per heavy atom. The van der Waals surface area contributed by atoms with Crippen LogP contribution in [0.5, 0.6) is 0 Å². The van der Waals surface area contributed by atoms with Gasteiger partial charge in [-0.1, -0.05) is 19.3 Å². The highest BCUT2D eigenvalue weighted by Crippen LogP contribution is 2.14. The first-order valence-electron chi connectivity index (χ1n) is 5.54. The topological polar surface area (TPSA) is 65.2 Å². The number of hydrazone groups is 1. The van der Waals surface area contributed by atoms with Crippen LogP contribution in [0, 0.1) is 11.3 Å². The Morgan fingerprint density at radius 1 is 1.27 bits per heavy atom. The van der Waals surface area contributed by atoms with E-state index in [4.69, 9.17) is 5.26 Å². The van der Waals surface area contributed by atoms with Crippen molar-refractivity contribution in [1.29, 1.82) is 5.26 Å². The van der Waals surface area contributed by atoms with Crippen LogP contribution in [0.15, 0.2) is 5.10 Å². The third kappa shape index (κ3) is 5.16. The van der Waals surface area contributed by atoms with Crippen LogP contribution in [0.3, 0.4) is 0 Å². The summed E-state index contributed by atoms with van der Waals surface area (Å²) in [5.74, 6) is -0.313. The summed E-state index contributed by atoms with van der Waals surface area (Å²) in [6.07, 6.45) is 7.99. The summed E-state index contributed by atoms with van der Waals surface area (Å²) in [7, 11) is 0. The number of rotatable bonds is 2. The third-order valence-corrected chi connectivity index (χ3v) is 2.51. The first kappa shape index (κ1) is 11.7. The number of hydrogen-bond donors (Lipinski definition) is 1. The monoisotopic (exact) mass is 207 g/mol. The van der Waals surface area contributed by atoms with Crippen molar-refractivity contribution in [2.45, 2.75) is 51.4 Å². The molecule has 1 aliphatic rings. The van der Waals surface area contributed by atoms with Crippen LogP contribution >= 0.6 is 0 Å². The molecule has 82 valence electrons. The first-order valence-corrected chi connectivity index (χ1v) is 5.54. The predicted octanol–water partition coefficient (Wildman–Crippen LogP) is 2.12. The normalized spacial score (nSPS) is 17.1. The van der Waals surface area contributed by atoms with Gasteiger partial charge in [0, 0.05) is 5.71 Å². The summed E-state index contributed by atoms with van der Waals surface area (Å²) in [6, 6.07) is 1.80. The zero-order chi connectivity index (χ0) is 10.9. The van der Waals surface area contributed by atoms with Crippen LogP contribution in [0.4, 0.5) is 0 Å². The average Bonchev–Trinajstić information content (AvgIpc) is 2.16. The lowest BCUT2D eigenvalue weighted by Crippen LogP contribution is -2.19. The second-order valence-electron chi connectivity index (χ2n) is 3.82. The molecule has 0 atom stereocenters. The van der Waals surface area contributed by atoms with Crippen molar-refractivity contribution in [2.75, 3.05) is 0 Å². The lowest BCUT2D eigenvalue weighted by Gasteiger charge is -2.10. The number of nitriles is 1. The molecule has 1 rings (SSSR count). The minimum absolute atomic E-state index is 0.114. The quantitative estimate of drug-likeness (QED) is 0.705. The number of amides is 1. The summed E-state index contributed by atoms with van der Waals surface area (Å²) < 4.78 is 0. The largest absolute Gasteiger partial charge is 0.272 e. The van der Waals surface area contributed by atoms with Crippen LogP contribution in [0.25, 0.3) is 0 Å². The molecule has 1 N–H and O–H groups in total. The molecule has 0 unspecified atom stereocenters. The molecule has 0 saturated heterocycles. The number of nitrogens with one attached hydrogen (secondary N) is 1. The maximum absolute atomic E-state index is 11.0. The van der Waals surface area contributed by atoms with Crippen molar-refractivity contribution < 1.29 is 4.79 Å². The van der Waals surface area contributed by atoms with Crippen molar-refractivity contribution in [1.82, 2.24) is 5.43 Å². The molecule has 1 amide bonds. The summed E-state index contributed by atoms with van der Waals surface area (Å²) in [5.41, 5.74) is 3.50. The fourth-order valence-electron chi connectivity index (χ4n) is 1.68. The Kier molecular flexibility index (Phi) is 5.46. The molecule has 1 aliphatic carbocycles. The fraction of sp³-hybridized carbons (Fsp3) is 0.727. The zero-order valence-corrected chi connectivity index (χ0v) is 8.96. The van der Waals surface area contributed by atoms with E-state index in [2.05, 4.69) is 10.5 Å². The molecule has 0 aromatic rings. The van der Waals surface area contributed by atoms with Gasteiger partial charge < -0.3 is 0 Å². The van der Waals surface area contributed by atoms with Gasteiger partial charge in [0.15, 0.2) is 0 Å². The van der Waals surface area contributed by atoms with Crippen molar-refractivity contribution in [3.05, 3.63) is 0 Å². The predicted molar refractivity (Wildman–Crippen MR) is 58.1 cm³/mol. The highest BCUT2D eigenvalue weighted by molar-refractivity contribution is 5.86. The molecule has 0 aromatic heterocycles. The maximum atomic E-state index is 11.0. The highest BCUT2D eigenvalue weighted by Gasteiger charge is 2.05. The molecule has 0 spiro atoms. The second-order valence-corrected chi connectivity index (χ2v) is 3.82. The Labute approximate surface area is 90.4 Å². The van der Waals surface area contributed by atoms with Crippen molar-refractivity contribution in [3.63, 3.8) is 0 Å². The van der Waals surface area contributed by atoms with E-state index in [-0.39, 0.29) is 12.3 Å². The molecular formula is C11H17N3O. The molecule has 4 nitrogen and oxygen atoms in total. The lowest BCUT2D eigenvalue weighted by atomic mass is 9.99. The van der Waals surface area contributed by atoms with Gasteiger partial charge in [-0.2, -0.15) is 10.4 Å². The number of hydrogen-bond acceptors (Lipinski definition) is 3. The Balaban J connectivity index is 2.35. The van der Waals surface area contributed by atoms with Gasteiger partial charge in [0.05, 0.1) is 6.07 Å². The summed E-state index contributed by atoms with van der Waals surface area (Å²) in [4.78, 5) is 11.0. The molecule has 15 heavy (non-hydrogen) atoms. The summed E-state index contributed by atoms with van der Waals surface area (Å²) in [5, 5.41) is 12.4. The Morgan fingerprint density at radius 2 is 1.87 bits per heavy atom. The van der Waals surface area contributed by atoms with Gasteiger partial charge >= 0.3 is 0 Å². The van der Waals surface area contributed by atoms with Gasteiger partial charge in [0.1, 0.15) is 6.42 Å². The SMILES string of the molecule is N#CCC(=O)NN=C1CCCCCCC1. The Bertz CT molecular complexity index is 268. The number of carbonyl (C=O) groups excluding carboxylic acids is 1. The molecule has 1 fully saturated rings. The molecule has 0 heterocycles. The first-order chi connectivity index (χ1) is 7.33. The molecule has 0 aliphatic heterocycles. The molecule has 1 saturated carbocycles. The Hall–Kier alpha value is -1.37. The smallest absolute Gasteiger partial charge is 0.254 e. The third-order valence-electron chi connectivity index (χ3n) is 2.51. The minimum Gasteiger partial charge on any atom is -0.272 e. The second kappa shape index (κ2) is 6.99. The van der Waals surface area contributed by atoms with Crippen LogP contribution in [-0.2, 0) is 4.79 Å². The van der Waals surface area contributed by atoms with E-state index in [0.29, 0.717) is 0 Å². The molecule has 0 bridgehead atoms. The van der Waals surface area contributed by atoms with Crippen LogP contribution in [0.2, 0.25) is 0 Å². The van der Waals surface area contributed by atoms with E-state index in [1.54, 1.807) is 6.07 Å². The summed E-state index contributed by atoms with van der Waals surface area (Å²) >= 11 is 0. The van der Waals surface area contributed by atoms with E-state index in [0.717, 1.165) is 31.4 Å². The van der Waals surface area contributed by atoms with Crippen molar-refractivity contribution >= 4 is 11.6 Å². The maximum Gasteiger partial charge on any atom is 0.254 e. The fourth-order valence-corrected chi connectivity index (χ4v) is 1.68. The van der Waals surface area contributed by atoms with E-state index >= 15 is 0 Å². The number of carbonyl (C=O) groups is 1. The van der Waals surface area contributed by atoms with E-state index in [1.807, 2.05) is 0 Å². The van der Waals surface area contributed by atoms with Crippen LogP contribution < -0.4 is 5.43 Å². The molecule has 0 aromatic carbocycles. The molecular weight excluding hydrogens is 190 g/mol. The van der Waals surface area contributed by atoms with Crippen LogP contribution in [-0.4, -0.2) is 11.6 Å². The molecule has 0 radical (unpaired) electrons. The van der Waals surface area contributed by atoms with Gasteiger partial charge in [-0.05, 0) is 25.7 Å². The lowest BCUT2D eigenvalue weighted by molar-refractivity contribution is -0.120. The minimum atomic E-state index is -0.313. The van der Waals surface area contributed by atoms with Crippen LogP contribution in [0.1, 0.15) is 51.4 Å². The van der Waals surface area contributed by atoms with Gasteiger partial charge in [0.25, 0.3) is 5.91 Å². The van der Waals surface area contributed by atoms with E-state index < -0.39 is 0 Å². The van der Waals surface area contributed by atoms with Gasteiger partial charge in [-0.3, -0.25) is 4.79 Å². The van der Waals surface area contributed by atoms with E-state index in [9.17, 15) is 4.79 Å².